The first-order chi connectivity index (χ1) is 10.1. The molecule has 0 bridgehead atoms. The maximum atomic E-state index is 12.5. The highest BCUT2D eigenvalue weighted by molar-refractivity contribution is 6.26. The minimum Gasteiger partial charge on any atom is -0.279 e. The molecule has 21 heavy (non-hydrogen) atoms. The molecule has 110 valence electrons. The Bertz CT molecular complexity index is 612. The van der Waals surface area contributed by atoms with Gasteiger partial charge in [-0.15, -0.1) is 0 Å². The van der Waals surface area contributed by atoms with Crippen LogP contribution in [0.3, 0.4) is 0 Å². The number of carbonyl (C=O) groups excluding carboxylic acids is 3. The van der Waals surface area contributed by atoms with Gasteiger partial charge in [0.1, 0.15) is 6.42 Å². The maximum absolute atomic E-state index is 12.5. The Labute approximate surface area is 121 Å². The van der Waals surface area contributed by atoms with Crippen LogP contribution in [0.25, 0.3) is 0 Å². The molecule has 2 aliphatic rings. The van der Waals surface area contributed by atoms with Gasteiger partial charge in [-0.3, -0.25) is 24.8 Å². The molecule has 1 aromatic carbocycles. The molecule has 4 amide bonds. The lowest BCUT2D eigenvalue weighted by Crippen LogP contribution is -2.56. The number of hydrogen-bond acceptors (Lipinski definition) is 5. The highest BCUT2D eigenvalue weighted by Gasteiger charge is 2.45. The monoisotopic (exact) mass is 289 g/mol. The van der Waals surface area contributed by atoms with Crippen LogP contribution in [-0.2, 0) is 14.4 Å². The third-order valence-electron chi connectivity index (χ3n) is 3.45. The minimum atomic E-state index is -0.562. The van der Waals surface area contributed by atoms with Gasteiger partial charge in [-0.1, -0.05) is 6.07 Å². The van der Waals surface area contributed by atoms with Crippen molar-refractivity contribution in [3.63, 3.8) is 0 Å². The molecule has 1 N–H and O–H groups in total. The smallest absolute Gasteiger partial charge is 0.279 e. The van der Waals surface area contributed by atoms with Gasteiger partial charge >= 0.3 is 6.03 Å². The van der Waals surface area contributed by atoms with Crippen LogP contribution in [0.2, 0.25) is 0 Å². The van der Waals surface area contributed by atoms with Crippen LogP contribution in [0.5, 0.6) is 0 Å². The fourth-order valence-corrected chi connectivity index (χ4v) is 2.39. The van der Waals surface area contributed by atoms with Gasteiger partial charge in [0.15, 0.2) is 0 Å². The van der Waals surface area contributed by atoms with Crippen LogP contribution < -0.4 is 10.4 Å². The molecular formula is C14H15N3O4. The third-order valence-corrected chi connectivity index (χ3v) is 3.45. The number of imide groups is 2. The summed E-state index contributed by atoms with van der Waals surface area (Å²) >= 11 is 0. The van der Waals surface area contributed by atoms with E-state index < -0.39 is 17.8 Å². The molecule has 0 radical (unpaired) electrons. The quantitative estimate of drug-likeness (QED) is 0.671. The maximum Gasteiger partial charge on any atom is 0.338 e. The van der Waals surface area contributed by atoms with Crippen molar-refractivity contribution in [2.45, 2.75) is 25.3 Å². The Morgan fingerprint density at radius 1 is 1.19 bits per heavy atom. The second kappa shape index (κ2) is 5.17. The highest BCUT2D eigenvalue weighted by atomic mass is 16.6. The van der Waals surface area contributed by atoms with E-state index in [0.717, 1.165) is 17.7 Å². The molecule has 0 spiro atoms. The van der Waals surface area contributed by atoms with E-state index in [1.165, 1.54) is 12.0 Å². The molecule has 1 heterocycles. The summed E-state index contributed by atoms with van der Waals surface area (Å²) in [5, 5.41) is 0. The molecule has 1 saturated heterocycles. The summed E-state index contributed by atoms with van der Waals surface area (Å²) < 4.78 is 0. The number of benzene rings is 1. The topological polar surface area (TPSA) is 79.0 Å². The summed E-state index contributed by atoms with van der Waals surface area (Å²) in [5.74, 6) is -0.911. The lowest BCUT2D eigenvalue weighted by molar-refractivity contribution is -0.135. The van der Waals surface area contributed by atoms with E-state index >= 15 is 0 Å². The van der Waals surface area contributed by atoms with Crippen molar-refractivity contribution in [2.75, 3.05) is 17.5 Å². The lowest BCUT2D eigenvalue weighted by Gasteiger charge is -2.32. The van der Waals surface area contributed by atoms with E-state index in [9.17, 15) is 14.4 Å². The first-order valence-corrected chi connectivity index (χ1v) is 6.70. The number of amides is 4. The molecule has 1 aliphatic carbocycles. The SMILES string of the molecule is CONc1cccc(N2C(=O)CC(=O)N(C3CC3)C2=O)c1. The van der Waals surface area contributed by atoms with E-state index in [0.29, 0.717) is 11.4 Å². The summed E-state index contributed by atoms with van der Waals surface area (Å²) in [5.41, 5.74) is 3.68. The zero-order chi connectivity index (χ0) is 15.0. The molecule has 1 aromatic rings. The van der Waals surface area contributed by atoms with Crippen molar-refractivity contribution in [3.05, 3.63) is 24.3 Å². The van der Waals surface area contributed by atoms with E-state index in [-0.39, 0.29) is 12.5 Å². The van der Waals surface area contributed by atoms with Gasteiger partial charge < -0.3 is 0 Å². The van der Waals surface area contributed by atoms with Gasteiger partial charge in [-0.2, -0.15) is 0 Å². The van der Waals surface area contributed by atoms with Gasteiger partial charge in [-0.25, -0.2) is 9.69 Å². The number of hydrogen-bond donors (Lipinski definition) is 1. The van der Waals surface area contributed by atoms with Crippen molar-refractivity contribution < 1.29 is 19.2 Å². The van der Waals surface area contributed by atoms with Crippen LogP contribution in [0.15, 0.2) is 24.3 Å². The van der Waals surface area contributed by atoms with Gasteiger partial charge in [0.2, 0.25) is 11.8 Å². The van der Waals surface area contributed by atoms with Crippen LogP contribution in [0.1, 0.15) is 19.3 Å². The van der Waals surface area contributed by atoms with Crippen molar-refractivity contribution >= 4 is 29.2 Å². The number of nitrogens with zero attached hydrogens (tertiary/aromatic N) is 2. The van der Waals surface area contributed by atoms with E-state index in [4.69, 9.17) is 4.84 Å². The van der Waals surface area contributed by atoms with Gasteiger partial charge in [0.25, 0.3) is 0 Å². The Kier molecular flexibility index (Phi) is 3.34. The summed E-state index contributed by atoms with van der Waals surface area (Å²) in [4.78, 5) is 43.5. The minimum absolute atomic E-state index is 0.0547. The van der Waals surface area contributed by atoms with E-state index in [2.05, 4.69) is 5.48 Å². The fourth-order valence-electron chi connectivity index (χ4n) is 2.39. The molecule has 0 unspecified atom stereocenters. The number of anilines is 2. The average molecular weight is 289 g/mol. The standard InChI is InChI=1S/C14H15N3O4/c1-21-15-9-3-2-4-11(7-9)17-13(19)8-12(18)16(14(17)20)10-5-6-10/h2-4,7,10,15H,5-6,8H2,1H3. The van der Waals surface area contributed by atoms with Gasteiger partial charge in [0.05, 0.1) is 18.5 Å². The number of carbonyl (C=O) groups is 3. The molecular weight excluding hydrogens is 274 g/mol. The molecule has 7 nitrogen and oxygen atoms in total. The first-order valence-electron chi connectivity index (χ1n) is 6.70. The molecule has 0 atom stereocenters. The average Bonchev–Trinajstić information content (AvgIpc) is 3.23. The van der Waals surface area contributed by atoms with Crippen molar-refractivity contribution in [3.8, 4) is 0 Å². The largest absolute Gasteiger partial charge is 0.338 e. The van der Waals surface area contributed by atoms with Crippen molar-refractivity contribution in [2.24, 2.45) is 0 Å². The molecule has 3 rings (SSSR count). The first kappa shape index (κ1) is 13.6. The van der Waals surface area contributed by atoms with Crippen molar-refractivity contribution in [1.82, 2.24) is 4.90 Å². The summed E-state index contributed by atoms with van der Waals surface area (Å²) in [6, 6.07) is 6.11. The van der Waals surface area contributed by atoms with Crippen molar-refractivity contribution in [1.29, 1.82) is 0 Å². The number of rotatable bonds is 4. The summed E-state index contributed by atoms with van der Waals surface area (Å²) in [6.45, 7) is 0. The van der Waals surface area contributed by atoms with Gasteiger partial charge in [-0.05, 0) is 31.0 Å². The highest BCUT2D eigenvalue weighted by Crippen LogP contribution is 2.32. The van der Waals surface area contributed by atoms with Crippen LogP contribution in [0, 0.1) is 0 Å². The number of nitrogens with one attached hydrogen (secondary N) is 1. The summed E-state index contributed by atoms with van der Waals surface area (Å²) in [7, 11) is 1.47. The fraction of sp³-hybridized carbons (Fsp3) is 0.357. The van der Waals surface area contributed by atoms with Crippen LogP contribution in [0.4, 0.5) is 16.2 Å². The Balaban J connectivity index is 1.92. The number of urea groups is 1. The second-order valence-electron chi connectivity index (χ2n) is 5.04. The number of barbiturate groups is 1. The Morgan fingerprint density at radius 3 is 2.62 bits per heavy atom. The van der Waals surface area contributed by atoms with Gasteiger partial charge in [0, 0.05) is 6.04 Å². The normalized spacial score (nSPS) is 19.2. The molecule has 7 heteroatoms. The predicted molar refractivity (Wildman–Crippen MR) is 74.4 cm³/mol. The van der Waals surface area contributed by atoms with Crippen LogP contribution >= 0.6 is 0 Å². The Hall–Kier alpha value is -2.41. The predicted octanol–water partition coefficient (Wildman–Crippen LogP) is 1.51. The molecule has 1 saturated carbocycles. The van der Waals surface area contributed by atoms with Crippen LogP contribution in [-0.4, -0.2) is 35.9 Å². The van der Waals surface area contributed by atoms with E-state index in [1.807, 2.05) is 0 Å². The Morgan fingerprint density at radius 2 is 1.95 bits per heavy atom. The molecule has 2 fully saturated rings. The second-order valence-corrected chi connectivity index (χ2v) is 5.04. The molecule has 1 aliphatic heterocycles. The lowest BCUT2D eigenvalue weighted by atomic mass is 10.2. The zero-order valence-electron chi connectivity index (χ0n) is 11.5. The third kappa shape index (κ3) is 2.47. The zero-order valence-corrected chi connectivity index (χ0v) is 11.5. The molecule has 0 aromatic heterocycles. The van der Waals surface area contributed by atoms with E-state index in [1.54, 1.807) is 24.3 Å². The summed E-state index contributed by atoms with van der Waals surface area (Å²) in [6.07, 6.45) is 1.35.